The highest BCUT2D eigenvalue weighted by molar-refractivity contribution is 9.10. The predicted molar refractivity (Wildman–Crippen MR) is 62.1 cm³/mol. The highest BCUT2D eigenvalue weighted by atomic mass is 79.9. The summed E-state index contributed by atoms with van der Waals surface area (Å²) in [6.45, 7) is 0. The Balaban J connectivity index is 2.42. The molecule has 6 heteroatoms. The number of carbonyl (C=O) groups excluding carboxylic acids is 1. The van der Waals surface area contributed by atoms with Crippen LogP contribution in [0.2, 0.25) is 0 Å². The molecule has 0 aliphatic rings. The zero-order valence-electron chi connectivity index (χ0n) is 8.17. The first kappa shape index (κ1) is 10.8. The lowest BCUT2D eigenvalue weighted by atomic mass is 10.2. The molecule has 0 aromatic carbocycles. The van der Waals surface area contributed by atoms with Crippen molar-refractivity contribution < 1.29 is 10.0 Å². The third kappa shape index (κ3) is 1.96. The molecule has 0 bridgehead atoms. The van der Waals surface area contributed by atoms with E-state index in [0.717, 1.165) is 16.2 Å². The fraction of sp³-hybridized carbons (Fsp3) is 0.100. The quantitative estimate of drug-likeness (QED) is 0.406. The molecule has 0 atom stereocenters. The van der Waals surface area contributed by atoms with Gasteiger partial charge in [0.05, 0.1) is 18.2 Å². The van der Waals surface area contributed by atoms with E-state index in [0.29, 0.717) is 5.69 Å². The van der Waals surface area contributed by atoms with Crippen molar-refractivity contribution in [3.05, 3.63) is 34.8 Å². The Bertz CT molecular complexity index is 562. The molecule has 16 heavy (non-hydrogen) atoms. The van der Waals surface area contributed by atoms with Gasteiger partial charge in [0.1, 0.15) is 12.0 Å². The predicted octanol–water partition coefficient (Wildman–Crippen LogP) is 2.13. The normalized spacial score (nSPS) is 11.3. The third-order valence-electron chi connectivity index (χ3n) is 2.12. The zero-order valence-corrected chi connectivity index (χ0v) is 9.75. The van der Waals surface area contributed by atoms with E-state index in [1.54, 1.807) is 16.8 Å². The van der Waals surface area contributed by atoms with Gasteiger partial charge in [0.25, 0.3) is 0 Å². The molecule has 2 heterocycles. The molecule has 0 radical (unpaired) electrons. The Hall–Kier alpha value is -1.69. The van der Waals surface area contributed by atoms with Crippen molar-refractivity contribution in [1.29, 1.82) is 0 Å². The standard InChI is InChI=1S/C10H8BrN3O2/c11-7-1-2-8-10(9(15)3-4-13-16)12-6-14(8)5-7/h1-2,4-6,16H,3H2/b13-4+. The largest absolute Gasteiger partial charge is 0.411 e. The van der Waals surface area contributed by atoms with Gasteiger partial charge in [-0.15, -0.1) is 5.16 Å². The van der Waals surface area contributed by atoms with E-state index < -0.39 is 0 Å². The SMILES string of the molecule is O=C(C/C=N/O)c1ncn2cc(Br)ccc12. The molecule has 0 spiro atoms. The molecule has 2 rings (SSSR count). The molecule has 5 nitrogen and oxygen atoms in total. The van der Waals surface area contributed by atoms with Gasteiger partial charge in [-0.2, -0.15) is 0 Å². The number of nitrogens with zero attached hydrogens (tertiary/aromatic N) is 3. The summed E-state index contributed by atoms with van der Waals surface area (Å²) in [4.78, 5) is 15.7. The number of pyridine rings is 1. The minimum absolute atomic E-state index is 0.0409. The molecule has 0 aliphatic carbocycles. The molecule has 0 unspecified atom stereocenters. The van der Waals surface area contributed by atoms with Crippen LogP contribution in [0, 0.1) is 0 Å². The van der Waals surface area contributed by atoms with Crippen molar-refractivity contribution in [2.24, 2.45) is 5.16 Å². The van der Waals surface area contributed by atoms with Crippen molar-refractivity contribution in [3.63, 3.8) is 0 Å². The van der Waals surface area contributed by atoms with E-state index >= 15 is 0 Å². The lowest BCUT2D eigenvalue weighted by molar-refractivity contribution is 0.0998. The molecule has 0 saturated heterocycles. The van der Waals surface area contributed by atoms with Crippen LogP contribution in [0.3, 0.4) is 0 Å². The molecular formula is C10H8BrN3O2. The summed E-state index contributed by atoms with van der Waals surface area (Å²) < 4.78 is 2.67. The maximum atomic E-state index is 11.7. The fourth-order valence-electron chi connectivity index (χ4n) is 1.41. The lowest BCUT2D eigenvalue weighted by Gasteiger charge is -1.96. The van der Waals surface area contributed by atoms with Crippen LogP contribution in [0.25, 0.3) is 5.52 Å². The van der Waals surface area contributed by atoms with Gasteiger partial charge in [-0.25, -0.2) is 4.98 Å². The molecular weight excluding hydrogens is 274 g/mol. The van der Waals surface area contributed by atoms with Crippen LogP contribution >= 0.6 is 15.9 Å². The molecule has 1 N–H and O–H groups in total. The van der Waals surface area contributed by atoms with E-state index in [2.05, 4.69) is 26.1 Å². The second-order valence-electron chi connectivity index (χ2n) is 3.16. The first-order valence-electron chi connectivity index (χ1n) is 4.53. The number of ketones is 1. The second kappa shape index (κ2) is 4.44. The Morgan fingerprint density at radius 3 is 3.19 bits per heavy atom. The summed E-state index contributed by atoms with van der Waals surface area (Å²) in [7, 11) is 0. The second-order valence-corrected chi connectivity index (χ2v) is 4.07. The molecule has 0 saturated carbocycles. The van der Waals surface area contributed by atoms with Gasteiger partial charge in [0.15, 0.2) is 5.78 Å². The van der Waals surface area contributed by atoms with Gasteiger partial charge >= 0.3 is 0 Å². The van der Waals surface area contributed by atoms with Crippen LogP contribution in [0.5, 0.6) is 0 Å². The first-order chi connectivity index (χ1) is 7.72. The molecule has 0 amide bonds. The van der Waals surface area contributed by atoms with E-state index in [4.69, 9.17) is 5.21 Å². The van der Waals surface area contributed by atoms with Gasteiger partial charge in [-0.1, -0.05) is 0 Å². The summed E-state index contributed by atoms with van der Waals surface area (Å²) in [6, 6.07) is 3.65. The number of aromatic nitrogens is 2. The van der Waals surface area contributed by atoms with Crippen LogP contribution in [0.1, 0.15) is 16.9 Å². The maximum Gasteiger partial charge on any atom is 0.188 e. The Kier molecular flexibility index (Phi) is 3.00. The van der Waals surface area contributed by atoms with Gasteiger partial charge < -0.3 is 9.61 Å². The van der Waals surface area contributed by atoms with Crippen molar-refractivity contribution in [2.45, 2.75) is 6.42 Å². The summed E-state index contributed by atoms with van der Waals surface area (Å²) in [5.41, 5.74) is 1.12. The third-order valence-corrected chi connectivity index (χ3v) is 2.59. The van der Waals surface area contributed by atoms with Crippen LogP contribution < -0.4 is 0 Å². The topological polar surface area (TPSA) is 67.0 Å². The van der Waals surface area contributed by atoms with Crippen molar-refractivity contribution in [2.75, 3.05) is 0 Å². The average Bonchev–Trinajstić information content (AvgIpc) is 2.68. The van der Waals surface area contributed by atoms with E-state index in [9.17, 15) is 4.79 Å². The maximum absolute atomic E-state index is 11.7. The Morgan fingerprint density at radius 2 is 2.44 bits per heavy atom. The van der Waals surface area contributed by atoms with E-state index in [-0.39, 0.29) is 12.2 Å². The number of imidazole rings is 1. The number of hydrogen-bond donors (Lipinski definition) is 1. The molecule has 2 aromatic heterocycles. The highest BCUT2D eigenvalue weighted by Gasteiger charge is 2.12. The number of carbonyl (C=O) groups is 1. The van der Waals surface area contributed by atoms with Crippen LogP contribution in [0.15, 0.2) is 34.3 Å². The van der Waals surface area contributed by atoms with E-state index in [1.807, 2.05) is 12.3 Å². The minimum Gasteiger partial charge on any atom is -0.411 e. The van der Waals surface area contributed by atoms with E-state index in [1.165, 1.54) is 0 Å². The highest BCUT2D eigenvalue weighted by Crippen LogP contribution is 2.15. The molecule has 2 aromatic rings. The van der Waals surface area contributed by atoms with Crippen molar-refractivity contribution in [3.8, 4) is 0 Å². The number of halogens is 1. The van der Waals surface area contributed by atoms with Crippen molar-refractivity contribution in [1.82, 2.24) is 9.38 Å². The van der Waals surface area contributed by atoms with Crippen LogP contribution in [-0.2, 0) is 0 Å². The number of hydrogen-bond acceptors (Lipinski definition) is 4. The summed E-state index contributed by atoms with van der Waals surface area (Å²) in [5, 5.41) is 11.0. The number of rotatable bonds is 3. The molecule has 0 fully saturated rings. The fourth-order valence-corrected chi connectivity index (χ4v) is 1.76. The molecule has 0 aliphatic heterocycles. The first-order valence-corrected chi connectivity index (χ1v) is 5.33. The number of fused-ring (bicyclic) bond motifs is 1. The lowest BCUT2D eigenvalue weighted by Crippen LogP contribution is -2.00. The Labute approximate surface area is 99.5 Å². The smallest absolute Gasteiger partial charge is 0.188 e. The number of oxime groups is 1. The van der Waals surface area contributed by atoms with Crippen LogP contribution in [0.4, 0.5) is 0 Å². The summed E-state index contributed by atoms with van der Waals surface area (Å²) >= 11 is 3.33. The summed E-state index contributed by atoms with van der Waals surface area (Å²) in [6.07, 6.45) is 4.58. The van der Waals surface area contributed by atoms with Gasteiger partial charge in [-0.05, 0) is 28.1 Å². The minimum atomic E-state index is -0.178. The van der Waals surface area contributed by atoms with Crippen molar-refractivity contribution >= 4 is 33.4 Å². The zero-order chi connectivity index (χ0) is 11.5. The van der Waals surface area contributed by atoms with Gasteiger partial charge in [-0.3, -0.25) is 4.79 Å². The Morgan fingerprint density at radius 1 is 1.62 bits per heavy atom. The van der Waals surface area contributed by atoms with Gasteiger partial charge in [0, 0.05) is 10.7 Å². The molecule has 82 valence electrons. The van der Waals surface area contributed by atoms with Gasteiger partial charge in [0.2, 0.25) is 0 Å². The monoisotopic (exact) mass is 281 g/mol. The number of Topliss-reactive ketones (excluding diaryl/α,β-unsaturated/α-hetero) is 1. The van der Waals surface area contributed by atoms with Crippen LogP contribution in [-0.4, -0.2) is 26.6 Å². The average molecular weight is 282 g/mol. The summed E-state index contributed by atoms with van der Waals surface area (Å²) in [5.74, 6) is -0.178.